The zero-order valence-electron chi connectivity index (χ0n) is 23.3. The Morgan fingerprint density at radius 1 is 1.02 bits per heavy atom. The van der Waals surface area contributed by atoms with Gasteiger partial charge in [0, 0.05) is 69.9 Å². The number of fused-ring (bicyclic) bond motifs is 2. The Bertz CT molecular complexity index is 1400. The van der Waals surface area contributed by atoms with Crippen LogP contribution in [0, 0.1) is 17.1 Å². The smallest absolute Gasteiger partial charge is 0.254 e. The number of benzene rings is 3. The van der Waals surface area contributed by atoms with E-state index in [1.54, 1.807) is 11.0 Å². The van der Waals surface area contributed by atoms with E-state index in [1.165, 1.54) is 51.2 Å². The molecule has 3 fully saturated rings. The number of carbonyl (C=O) groups excluding carboxylic acids is 1. The molecule has 3 aromatic carbocycles. The second-order valence-corrected chi connectivity index (χ2v) is 11.8. The van der Waals surface area contributed by atoms with E-state index < -0.39 is 0 Å². The number of hydrogen-bond donors (Lipinski definition) is 0. The van der Waals surface area contributed by atoms with Crippen LogP contribution in [0.3, 0.4) is 0 Å². The molecule has 0 N–H and O–H groups in total. The van der Waals surface area contributed by atoms with E-state index >= 15 is 0 Å². The van der Waals surface area contributed by atoms with Crippen LogP contribution in [-0.4, -0.2) is 97.0 Å². The fraction of sp³-hybridized carbons (Fsp3) is 0.455. The number of carbonyl (C=O) groups is 1. The van der Waals surface area contributed by atoms with Crippen LogP contribution in [0.15, 0.2) is 60.7 Å². The second kappa shape index (κ2) is 11.7. The summed E-state index contributed by atoms with van der Waals surface area (Å²) in [5.41, 5.74) is 2.07. The van der Waals surface area contributed by atoms with E-state index in [9.17, 15) is 14.4 Å². The number of hydrogen-bond acceptors (Lipinski definition) is 5. The highest BCUT2D eigenvalue weighted by Gasteiger charge is 2.38. The first-order chi connectivity index (χ1) is 19.5. The van der Waals surface area contributed by atoms with Crippen molar-refractivity contribution in [2.75, 3.05) is 59.4 Å². The largest absolute Gasteiger partial charge is 0.341 e. The highest BCUT2D eigenvalue weighted by atomic mass is 19.1. The molecule has 1 unspecified atom stereocenters. The van der Waals surface area contributed by atoms with E-state index in [0.29, 0.717) is 23.7 Å². The normalized spacial score (nSPS) is 21.1. The summed E-state index contributed by atoms with van der Waals surface area (Å²) >= 11 is 0. The molecular formula is C33H38FN5O. The first-order valence-corrected chi connectivity index (χ1v) is 14.6. The minimum atomic E-state index is -0.250. The Labute approximate surface area is 236 Å². The van der Waals surface area contributed by atoms with Gasteiger partial charge in [-0.05, 0) is 73.0 Å². The molecule has 208 valence electrons. The summed E-state index contributed by atoms with van der Waals surface area (Å²) in [6.45, 7) is 8.56. The molecule has 0 radical (unpaired) electrons. The van der Waals surface area contributed by atoms with Gasteiger partial charge in [-0.15, -0.1) is 0 Å². The highest BCUT2D eigenvalue weighted by Crippen LogP contribution is 2.28. The van der Waals surface area contributed by atoms with Crippen molar-refractivity contribution in [3.05, 3.63) is 83.2 Å². The Hall–Kier alpha value is -3.31. The molecule has 3 saturated heterocycles. The molecule has 1 amide bonds. The Morgan fingerprint density at radius 2 is 1.80 bits per heavy atom. The molecule has 7 heteroatoms. The number of nitriles is 1. The Morgan fingerprint density at radius 3 is 2.60 bits per heavy atom. The molecule has 3 aromatic rings. The van der Waals surface area contributed by atoms with Gasteiger partial charge < -0.3 is 9.80 Å². The van der Waals surface area contributed by atoms with Crippen molar-refractivity contribution in [2.24, 2.45) is 0 Å². The van der Waals surface area contributed by atoms with Crippen LogP contribution < -0.4 is 0 Å². The van der Waals surface area contributed by atoms with Crippen LogP contribution in [0.25, 0.3) is 10.8 Å². The molecule has 0 saturated carbocycles. The highest BCUT2D eigenvalue weighted by molar-refractivity contribution is 6.07. The van der Waals surface area contributed by atoms with E-state index in [1.807, 2.05) is 49.5 Å². The fourth-order valence-electron chi connectivity index (χ4n) is 6.91. The van der Waals surface area contributed by atoms with Gasteiger partial charge in [0.25, 0.3) is 5.91 Å². The van der Waals surface area contributed by atoms with Gasteiger partial charge in [0.2, 0.25) is 0 Å². The van der Waals surface area contributed by atoms with Crippen molar-refractivity contribution < 1.29 is 9.18 Å². The predicted octanol–water partition coefficient (Wildman–Crippen LogP) is 4.56. The van der Waals surface area contributed by atoms with Gasteiger partial charge in [0.05, 0.1) is 11.6 Å². The third kappa shape index (κ3) is 5.62. The van der Waals surface area contributed by atoms with Crippen LogP contribution in [0.1, 0.15) is 46.7 Å². The predicted molar refractivity (Wildman–Crippen MR) is 156 cm³/mol. The van der Waals surface area contributed by atoms with Gasteiger partial charge in [-0.1, -0.05) is 36.4 Å². The molecule has 3 heterocycles. The van der Waals surface area contributed by atoms with Crippen LogP contribution in [0.5, 0.6) is 0 Å². The van der Waals surface area contributed by atoms with E-state index in [0.717, 1.165) is 48.4 Å². The number of halogens is 1. The lowest BCUT2D eigenvalue weighted by Gasteiger charge is -2.49. The number of likely N-dealkylation sites (N-methyl/N-ethyl adjacent to an activating group) is 1. The molecule has 3 aliphatic heterocycles. The molecule has 0 spiro atoms. The summed E-state index contributed by atoms with van der Waals surface area (Å²) < 4.78 is 13.8. The van der Waals surface area contributed by atoms with E-state index in [4.69, 9.17) is 0 Å². The maximum atomic E-state index is 13.8. The van der Waals surface area contributed by atoms with Crippen LogP contribution in [0.2, 0.25) is 0 Å². The van der Waals surface area contributed by atoms with Crippen molar-refractivity contribution in [3.63, 3.8) is 0 Å². The molecule has 2 atom stereocenters. The molecule has 3 aliphatic rings. The third-order valence-electron chi connectivity index (χ3n) is 9.27. The topological polar surface area (TPSA) is 53.8 Å². The van der Waals surface area contributed by atoms with Gasteiger partial charge in [0.15, 0.2) is 0 Å². The maximum absolute atomic E-state index is 13.8. The number of rotatable bonds is 8. The lowest BCUT2D eigenvalue weighted by molar-refractivity contribution is -0.00749. The zero-order valence-corrected chi connectivity index (χ0v) is 23.3. The van der Waals surface area contributed by atoms with Crippen molar-refractivity contribution in [1.29, 1.82) is 5.26 Å². The first kappa shape index (κ1) is 26.9. The summed E-state index contributed by atoms with van der Waals surface area (Å²) in [5.74, 6) is -0.267. The summed E-state index contributed by atoms with van der Waals surface area (Å²) in [5, 5.41) is 11.3. The molecule has 0 aromatic heterocycles. The number of likely N-dealkylation sites (tertiary alicyclic amines) is 1. The number of amides is 1. The molecular weight excluding hydrogens is 501 g/mol. The van der Waals surface area contributed by atoms with Crippen LogP contribution >= 0.6 is 0 Å². The monoisotopic (exact) mass is 539 g/mol. The van der Waals surface area contributed by atoms with Crippen molar-refractivity contribution in [1.82, 2.24) is 19.6 Å². The van der Waals surface area contributed by atoms with Crippen molar-refractivity contribution in [2.45, 2.75) is 37.3 Å². The van der Waals surface area contributed by atoms with Gasteiger partial charge in [-0.3, -0.25) is 14.6 Å². The molecule has 40 heavy (non-hydrogen) atoms. The Kier molecular flexibility index (Phi) is 7.84. The van der Waals surface area contributed by atoms with Gasteiger partial charge >= 0.3 is 0 Å². The van der Waals surface area contributed by atoms with Crippen molar-refractivity contribution in [3.8, 4) is 6.07 Å². The average molecular weight is 540 g/mol. The first-order valence-electron chi connectivity index (χ1n) is 14.6. The molecule has 0 bridgehead atoms. The number of piperazine rings is 1. The standard InChI is InChI=1S/C33H38FN5O/c1-36(33(40)32-18-24(19-35)17-26-5-2-3-7-31(26)32)20-27(25-8-10-28(34)11-9-25)12-14-37-21-30(22-37)39-16-15-38-13-4-6-29(38)23-39/h2-3,5,7-11,17-18,27,29-30H,4,6,12-16,20-23H2,1H3/t27-,29?/m1/s1. The van der Waals surface area contributed by atoms with Gasteiger partial charge in [0.1, 0.15) is 5.82 Å². The molecule has 0 aliphatic carbocycles. The quantitative estimate of drug-likeness (QED) is 0.420. The Balaban J connectivity index is 1.11. The minimum absolute atomic E-state index is 0.0843. The van der Waals surface area contributed by atoms with E-state index in [-0.39, 0.29) is 17.6 Å². The molecule has 6 rings (SSSR count). The number of nitrogens with zero attached hydrogens (tertiary/aromatic N) is 5. The van der Waals surface area contributed by atoms with Crippen LogP contribution in [0.4, 0.5) is 4.39 Å². The summed E-state index contributed by atoms with van der Waals surface area (Å²) in [6.07, 6.45) is 3.58. The lowest BCUT2D eigenvalue weighted by atomic mass is 9.93. The second-order valence-electron chi connectivity index (χ2n) is 11.8. The lowest BCUT2D eigenvalue weighted by Crippen LogP contribution is -2.64. The third-order valence-corrected chi connectivity index (χ3v) is 9.27. The van der Waals surface area contributed by atoms with Gasteiger partial charge in [-0.2, -0.15) is 5.26 Å². The summed E-state index contributed by atoms with van der Waals surface area (Å²) in [4.78, 5) is 23.3. The summed E-state index contributed by atoms with van der Waals surface area (Å²) in [6, 6.07) is 21.5. The average Bonchev–Trinajstić information content (AvgIpc) is 3.43. The summed E-state index contributed by atoms with van der Waals surface area (Å²) in [7, 11) is 1.83. The SMILES string of the molecule is CN(C[C@@H](CCN1CC(N2CCN3CCCC3C2)C1)c1ccc(F)cc1)C(=O)c1cc(C#N)cc2ccccc12. The van der Waals surface area contributed by atoms with E-state index in [2.05, 4.69) is 20.8 Å². The van der Waals surface area contributed by atoms with Gasteiger partial charge in [-0.25, -0.2) is 4.39 Å². The van der Waals surface area contributed by atoms with Crippen LogP contribution in [-0.2, 0) is 0 Å². The maximum Gasteiger partial charge on any atom is 0.254 e. The van der Waals surface area contributed by atoms with Crippen molar-refractivity contribution >= 4 is 16.7 Å². The minimum Gasteiger partial charge on any atom is -0.341 e. The zero-order chi connectivity index (χ0) is 27.6. The molecule has 6 nitrogen and oxygen atoms in total. The fourth-order valence-corrected chi connectivity index (χ4v) is 6.91.